The molecule has 1 saturated heterocycles. The van der Waals surface area contributed by atoms with Crippen LogP contribution in [0.25, 0.3) is 0 Å². The maximum Gasteiger partial charge on any atom is 0.0300 e. The standard InChI is InChI=1S/C21H34N2/c1-5-8-18(6-2)19(7-3)10-9-17(4)21(20-11-12-20)23-15-13-22-14-16-23/h6-7,17,22H,2-3,5,8-16H2,1,4H3/b19-18-. The second kappa shape index (κ2) is 9.12. The number of hydrogen-bond donors (Lipinski definition) is 1. The Morgan fingerprint density at radius 2 is 1.74 bits per heavy atom. The number of rotatable bonds is 9. The maximum atomic E-state index is 4.04. The fourth-order valence-electron chi connectivity index (χ4n) is 3.67. The highest BCUT2D eigenvalue weighted by atomic mass is 15.2. The zero-order chi connectivity index (χ0) is 16.7. The van der Waals surface area contributed by atoms with Crippen LogP contribution in [0.5, 0.6) is 0 Å². The van der Waals surface area contributed by atoms with Gasteiger partial charge in [-0.3, -0.25) is 0 Å². The van der Waals surface area contributed by atoms with Crippen molar-refractivity contribution in [3.8, 4) is 0 Å². The molecule has 0 aromatic carbocycles. The molecule has 0 spiro atoms. The molecule has 2 aliphatic rings. The van der Waals surface area contributed by atoms with Gasteiger partial charge in [-0.1, -0.05) is 51.2 Å². The van der Waals surface area contributed by atoms with Gasteiger partial charge < -0.3 is 10.2 Å². The van der Waals surface area contributed by atoms with Crippen LogP contribution in [0.1, 0.15) is 52.4 Å². The molecular weight excluding hydrogens is 280 g/mol. The molecule has 1 saturated carbocycles. The monoisotopic (exact) mass is 314 g/mol. The first-order chi connectivity index (χ1) is 11.2. The van der Waals surface area contributed by atoms with Crippen molar-refractivity contribution in [1.82, 2.24) is 10.2 Å². The van der Waals surface area contributed by atoms with Gasteiger partial charge in [0.25, 0.3) is 0 Å². The van der Waals surface area contributed by atoms with Crippen molar-refractivity contribution in [2.24, 2.45) is 5.92 Å². The lowest BCUT2D eigenvalue weighted by Gasteiger charge is -2.35. The topological polar surface area (TPSA) is 15.3 Å². The summed E-state index contributed by atoms with van der Waals surface area (Å²) in [4.78, 5) is 2.64. The quantitative estimate of drug-likeness (QED) is 0.614. The van der Waals surface area contributed by atoms with E-state index in [0.29, 0.717) is 5.92 Å². The number of allylic oxidation sites excluding steroid dienone is 6. The molecule has 0 aromatic rings. The van der Waals surface area contributed by atoms with Crippen LogP contribution in [-0.4, -0.2) is 31.1 Å². The van der Waals surface area contributed by atoms with E-state index in [0.717, 1.165) is 25.9 Å². The van der Waals surface area contributed by atoms with E-state index in [1.807, 2.05) is 12.2 Å². The van der Waals surface area contributed by atoms with Crippen molar-refractivity contribution in [3.05, 3.63) is 47.7 Å². The summed E-state index contributed by atoms with van der Waals surface area (Å²) in [6.07, 6.45) is 11.3. The Balaban J connectivity index is 2.01. The van der Waals surface area contributed by atoms with Gasteiger partial charge in [-0.2, -0.15) is 0 Å². The van der Waals surface area contributed by atoms with Gasteiger partial charge in [0.15, 0.2) is 0 Å². The second-order valence-corrected chi connectivity index (χ2v) is 6.87. The summed E-state index contributed by atoms with van der Waals surface area (Å²) >= 11 is 0. The van der Waals surface area contributed by atoms with E-state index in [2.05, 4.69) is 37.2 Å². The summed E-state index contributed by atoms with van der Waals surface area (Å²) < 4.78 is 0. The van der Waals surface area contributed by atoms with Gasteiger partial charge in [-0.15, -0.1) is 0 Å². The van der Waals surface area contributed by atoms with Gasteiger partial charge in [0.05, 0.1) is 0 Å². The Morgan fingerprint density at radius 1 is 1.13 bits per heavy atom. The van der Waals surface area contributed by atoms with Gasteiger partial charge in [-0.05, 0) is 49.2 Å². The summed E-state index contributed by atoms with van der Waals surface area (Å²) in [5, 5.41) is 3.47. The van der Waals surface area contributed by atoms with Crippen molar-refractivity contribution in [3.63, 3.8) is 0 Å². The first-order valence-corrected chi connectivity index (χ1v) is 9.35. The average Bonchev–Trinajstić information content (AvgIpc) is 3.40. The fourth-order valence-corrected chi connectivity index (χ4v) is 3.67. The minimum atomic E-state index is 0.647. The first kappa shape index (κ1) is 18.1. The van der Waals surface area contributed by atoms with Crippen LogP contribution in [0.2, 0.25) is 0 Å². The molecule has 0 radical (unpaired) electrons. The smallest absolute Gasteiger partial charge is 0.0300 e. The highest BCUT2D eigenvalue weighted by Gasteiger charge is 2.27. The van der Waals surface area contributed by atoms with Gasteiger partial charge in [0.2, 0.25) is 0 Å². The Hall–Kier alpha value is -1.28. The van der Waals surface area contributed by atoms with Crippen LogP contribution in [-0.2, 0) is 0 Å². The van der Waals surface area contributed by atoms with Crippen molar-refractivity contribution in [2.75, 3.05) is 26.2 Å². The van der Waals surface area contributed by atoms with E-state index in [4.69, 9.17) is 0 Å². The molecule has 1 unspecified atom stereocenters. The van der Waals surface area contributed by atoms with Crippen molar-refractivity contribution < 1.29 is 0 Å². The van der Waals surface area contributed by atoms with E-state index in [1.54, 1.807) is 11.3 Å². The van der Waals surface area contributed by atoms with Crippen LogP contribution in [0, 0.1) is 5.92 Å². The SMILES string of the molecule is C=C/C(CCC)=C(\C=C)CCC(C)C(=C1CC1)N1CCNCC1. The zero-order valence-corrected chi connectivity index (χ0v) is 15.2. The van der Waals surface area contributed by atoms with Crippen LogP contribution in [0.15, 0.2) is 47.7 Å². The molecule has 1 N–H and O–H groups in total. The van der Waals surface area contributed by atoms with E-state index in [-0.39, 0.29) is 0 Å². The summed E-state index contributed by atoms with van der Waals surface area (Å²) in [7, 11) is 0. The van der Waals surface area contributed by atoms with Crippen LogP contribution < -0.4 is 5.32 Å². The van der Waals surface area contributed by atoms with Gasteiger partial charge in [-0.25, -0.2) is 0 Å². The molecule has 128 valence electrons. The summed E-state index contributed by atoms with van der Waals surface area (Å²) in [5.41, 5.74) is 6.15. The molecule has 2 fully saturated rings. The van der Waals surface area contributed by atoms with Crippen LogP contribution >= 0.6 is 0 Å². The van der Waals surface area contributed by atoms with Crippen molar-refractivity contribution >= 4 is 0 Å². The largest absolute Gasteiger partial charge is 0.372 e. The third-order valence-electron chi connectivity index (χ3n) is 5.06. The lowest BCUT2D eigenvalue weighted by Crippen LogP contribution is -2.44. The van der Waals surface area contributed by atoms with E-state index >= 15 is 0 Å². The first-order valence-electron chi connectivity index (χ1n) is 9.35. The number of nitrogens with one attached hydrogen (secondary N) is 1. The maximum absolute atomic E-state index is 4.04. The highest BCUT2D eigenvalue weighted by molar-refractivity contribution is 5.32. The Morgan fingerprint density at radius 3 is 2.26 bits per heavy atom. The Bertz CT molecular complexity index is 472. The highest BCUT2D eigenvalue weighted by Crippen LogP contribution is 2.38. The molecule has 1 heterocycles. The third kappa shape index (κ3) is 5.10. The lowest BCUT2D eigenvalue weighted by atomic mass is 9.93. The van der Waals surface area contributed by atoms with Gasteiger partial charge >= 0.3 is 0 Å². The summed E-state index contributed by atoms with van der Waals surface area (Å²) in [6, 6.07) is 0. The molecule has 1 aliphatic heterocycles. The second-order valence-electron chi connectivity index (χ2n) is 6.87. The normalized spacial score (nSPS) is 19.9. The molecule has 1 atom stereocenters. The van der Waals surface area contributed by atoms with E-state index < -0.39 is 0 Å². The van der Waals surface area contributed by atoms with Crippen molar-refractivity contribution in [2.45, 2.75) is 52.4 Å². The molecule has 2 heteroatoms. The molecule has 23 heavy (non-hydrogen) atoms. The van der Waals surface area contributed by atoms with E-state index in [9.17, 15) is 0 Å². The minimum absolute atomic E-state index is 0.647. The van der Waals surface area contributed by atoms with Gasteiger partial charge in [0.1, 0.15) is 0 Å². The summed E-state index contributed by atoms with van der Waals surface area (Å²) in [5.74, 6) is 0.647. The molecule has 2 rings (SSSR count). The van der Waals surface area contributed by atoms with Crippen LogP contribution in [0.3, 0.4) is 0 Å². The Kier molecular flexibility index (Phi) is 7.16. The number of hydrogen-bond acceptors (Lipinski definition) is 2. The van der Waals surface area contributed by atoms with Crippen LogP contribution in [0.4, 0.5) is 0 Å². The number of nitrogens with zero attached hydrogens (tertiary/aromatic N) is 1. The fraction of sp³-hybridized carbons (Fsp3) is 0.619. The van der Waals surface area contributed by atoms with E-state index in [1.165, 1.54) is 49.9 Å². The molecule has 0 aromatic heterocycles. The predicted molar refractivity (Wildman–Crippen MR) is 101 cm³/mol. The molecule has 1 aliphatic carbocycles. The van der Waals surface area contributed by atoms with Crippen molar-refractivity contribution in [1.29, 1.82) is 0 Å². The number of piperazine rings is 1. The molecule has 2 nitrogen and oxygen atoms in total. The lowest BCUT2D eigenvalue weighted by molar-refractivity contribution is 0.266. The Labute approximate surface area is 143 Å². The van der Waals surface area contributed by atoms with Gasteiger partial charge in [0, 0.05) is 31.9 Å². The predicted octanol–water partition coefficient (Wildman–Crippen LogP) is 4.82. The average molecular weight is 315 g/mol. The molecule has 0 amide bonds. The molecule has 0 bridgehead atoms. The molecular formula is C21H34N2. The minimum Gasteiger partial charge on any atom is -0.372 e. The summed E-state index contributed by atoms with van der Waals surface area (Å²) in [6.45, 7) is 17.3. The zero-order valence-electron chi connectivity index (χ0n) is 15.2. The third-order valence-corrected chi connectivity index (χ3v) is 5.06.